The van der Waals surface area contributed by atoms with Gasteiger partial charge in [-0.3, -0.25) is 4.79 Å². The summed E-state index contributed by atoms with van der Waals surface area (Å²) < 4.78 is 32.9. The monoisotopic (exact) mass is 452 g/mol. The fourth-order valence-electron chi connectivity index (χ4n) is 4.14. The molecule has 1 saturated heterocycles. The number of nitrogens with zero attached hydrogens (tertiary/aromatic N) is 1. The van der Waals surface area contributed by atoms with Gasteiger partial charge in [0.05, 0.1) is 18.0 Å². The number of carbonyl (C=O) groups excluding carboxylic acids is 1. The second-order valence-corrected chi connectivity index (χ2v) is 10.1. The van der Waals surface area contributed by atoms with Crippen LogP contribution in [0.3, 0.4) is 0 Å². The predicted molar refractivity (Wildman–Crippen MR) is 125 cm³/mol. The van der Waals surface area contributed by atoms with Crippen LogP contribution in [0.4, 0.5) is 0 Å². The van der Waals surface area contributed by atoms with Crippen molar-refractivity contribution in [1.29, 1.82) is 0 Å². The highest BCUT2D eigenvalue weighted by molar-refractivity contribution is 7.89. The number of amides is 1. The Hall–Kier alpha value is -2.90. The first-order chi connectivity index (χ1) is 15.4. The molecule has 3 aromatic rings. The summed E-state index contributed by atoms with van der Waals surface area (Å²) in [5.74, 6) is 0.544. The molecule has 1 heterocycles. The fraction of sp³-hybridized carbons (Fsp3) is 0.320. The maximum atomic E-state index is 13.1. The van der Waals surface area contributed by atoms with Crippen molar-refractivity contribution in [2.24, 2.45) is 5.92 Å². The van der Waals surface area contributed by atoms with Crippen molar-refractivity contribution in [3.05, 3.63) is 72.3 Å². The summed E-state index contributed by atoms with van der Waals surface area (Å²) >= 11 is 0. The smallest absolute Gasteiger partial charge is 0.243 e. The number of carbonyl (C=O) groups is 1. The largest absolute Gasteiger partial charge is 0.497 e. The minimum absolute atomic E-state index is 0.0314. The zero-order chi connectivity index (χ0) is 22.7. The lowest BCUT2D eigenvalue weighted by Crippen LogP contribution is -2.43. The van der Waals surface area contributed by atoms with Gasteiger partial charge in [0.2, 0.25) is 15.9 Å². The molecule has 0 saturated carbocycles. The molecular formula is C25H28N2O4S. The molecule has 0 spiro atoms. The van der Waals surface area contributed by atoms with Crippen molar-refractivity contribution in [3.8, 4) is 5.75 Å². The normalized spacial score (nSPS) is 16.6. The number of piperidine rings is 1. The van der Waals surface area contributed by atoms with Crippen molar-refractivity contribution in [1.82, 2.24) is 9.62 Å². The molecule has 1 aliphatic rings. The van der Waals surface area contributed by atoms with Gasteiger partial charge in [0.25, 0.3) is 0 Å². The number of methoxy groups -OCH3 is 1. The molecule has 1 atom stereocenters. The molecule has 1 N–H and O–H groups in total. The molecule has 1 amide bonds. The second kappa shape index (κ2) is 9.30. The molecule has 0 unspecified atom stereocenters. The van der Waals surface area contributed by atoms with Gasteiger partial charge in [-0.05, 0) is 60.4 Å². The summed E-state index contributed by atoms with van der Waals surface area (Å²) in [7, 11) is -1.97. The van der Waals surface area contributed by atoms with Gasteiger partial charge in [-0.15, -0.1) is 0 Å². The summed E-state index contributed by atoms with van der Waals surface area (Å²) in [6.07, 6.45) is 1.02. The lowest BCUT2D eigenvalue weighted by molar-refractivity contribution is -0.126. The molecule has 1 aliphatic heterocycles. The molecule has 7 heteroatoms. The average molecular weight is 453 g/mol. The van der Waals surface area contributed by atoms with Crippen LogP contribution in [0.1, 0.15) is 31.4 Å². The molecule has 1 fully saturated rings. The van der Waals surface area contributed by atoms with E-state index in [0.717, 1.165) is 22.1 Å². The van der Waals surface area contributed by atoms with Crippen LogP contribution < -0.4 is 10.1 Å². The zero-order valence-corrected chi connectivity index (χ0v) is 19.1. The molecule has 0 bridgehead atoms. The van der Waals surface area contributed by atoms with E-state index in [9.17, 15) is 13.2 Å². The Labute approximate surface area is 189 Å². The van der Waals surface area contributed by atoms with Gasteiger partial charge >= 0.3 is 0 Å². The van der Waals surface area contributed by atoms with E-state index < -0.39 is 10.0 Å². The summed E-state index contributed by atoms with van der Waals surface area (Å²) in [6.45, 7) is 2.62. The Bertz CT molecular complexity index is 1200. The molecule has 6 nitrogen and oxygen atoms in total. The lowest BCUT2D eigenvalue weighted by atomic mass is 9.96. The Morgan fingerprint density at radius 3 is 2.31 bits per heavy atom. The average Bonchev–Trinajstić information content (AvgIpc) is 2.83. The van der Waals surface area contributed by atoms with Gasteiger partial charge in [0, 0.05) is 19.0 Å². The number of hydrogen-bond acceptors (Lipinski definition) is 4. The molecule has 0 aliphatic carbocycles. The third-order valence-electron chi connectivity index (χ3n) is 6.16. The third-order valence-corrected chi connectivity index (χ3v) is 8.05. The summed E-state index contributed by atoms with van der Waals surface area (Å²) in [5.41, 5.74) is 0.996. The predicted octanol–water partition coefficient (Wildman–Crippen LogP) is 4.13. The number of nitrogens with one attached hydrogen (secondary N) is 1. The maximum absolute atomic E-state index is 13.1. The van der Waals surface area contributed by atoms with Crippen molar-refractivity contribution in [3.63, 3.8) is 0 Å². The number of hydrogen-bond donors (Lipinski definition) is 1. The first-order valence-electron chi connectivity index (χ1n) is 10.8. The van der Waals surface area contributed by atoms with E-state index in [0.29, 0.717) is 30.8 Å². The van der Waals surface area contributed by atoms with Crippen LogP contribution in [0.25, 0.3) is 10.8 Å². The van der Waals surface area contributed by atoms with Crippen LogP contribution in [0.2, 0.25) is 0 Å². The van der Waals surface area contributed by atoms with Crippen molar-refractivity contribution in [2.45, 2.75) is 30.7 Å². The SMILES string of the molecule is COc1ccc([C@@H](C)NC(=O)C2CCN(S(=O)(=O)c3ccc4ccccc4c3)CC2)cc1. The quantitative estimate of drug-likeness (QED) is 0.610. The lowest BCUT2D eigenvalue weighted by Gasteiger charge is -2.31. The first-order valence-corrected chi connectivity index (χ1v) is 12.3. The minimum atomic E-state index is -3.59. The molecule has 0 radical (unpaired) electrons. The van der Waals surface area contributed by atoms with Crippen molar-refractivity contribution in [2.75, 3.05) is 20.2 Å². The number of rotatable bonds is 6. The van der Waals surface area contributed by atoms with Crippen LogP contribution >= 0.6 is 0 Å². The van der Waals surface area contributed by atoms with Crippen LogP contribution in [-0.4, -0.2) is 38.8 Å². The van der Waals surface area contributed by atoms with Gasteiger partial charge in [-0.2, -0.15) is 4.31 Å². The first kappa shape index (κ1) is 22.3. The van der Waals surface area contributed by atoms with Gasteiger partial charge in [-0.25, -0.2) is 8.42 Å². The Kier molecular flexibility index (Phi) is 6.48. The summed E-state index contributed by atoms with van der Waals surface area (Å²) in [4.78, 5) is 13.1. The van der Waals surface area contributed by atoms with E-state index in [1.165, 1.54) is 4.31 Å². The van der Waals surface area contributed by atoms with Gasteiger partial charge in [0.1, 0.15) is 5.75 Å². The Morgan fingerprint density at radius 2 is 1.66 bits per heavy atom. The number of benzene rings is 3. The fourth-order valence-corrected chi connectivity index (χ4v) is 5.65. The highest BCUT2D eigenvalue weighted by atomic mass is 32.2. The van der Waals surface area contributed by atoms with Gasteiger partial charge < -0.3 is 10.1 Å². The zero-order valence-electron chi connectivity index (χ0n) is 18.3. The van der Waals surface area contributed by atoms with Crippen LogP contribution in [0.15, 0.2) is 71.6 Å². The Morgan fingerprint density at radius 1 is 1.00 bits per heavy atom. The van der Waals surface area contributed by atoms with Crippen LogP contribution in [0, 0.1) is 5.92 Å². The molecule has 4 rings (SSSR count). The standard InChI is InChI=1S/C25H28N2O4S/c1-18(19-7-10-23(31-2)11-8-19)26-25(28)21-13-15-27(16-14-21)32(29,30)24-12-9-20-5-3-4-6-22(20)17-24/h3-12,17-18,21H,13-16H2,1-2H3,(H,26,28)/t18-/m1/s1. The van der Waals surface area contributed by atoms with E-state index in [-0.39, 0.29) is 17.9 Å². The summed E-state index contributed by atoms with van der Waals surface area (Å²) in [6, 6.07) is 20.4. The van der Waals surface area contributed by atoms with Gasteiger partial charge in [0.15, 0.2) is 0 Å². The number of sulfonamides is 1. The Balaban J connectivity index is 1.37. The highest BCUT2D eigenvalue weighted by Gasteiger charge is 2.32. The van der Waals surface area contributed by atoms with E-state index in [1.807, 2.05) is 61.5 Å². The van der Waals surface area contributed by atoms with E-state index in [2.05, 4.69) is 5.32 Å². The highest BCUT2D eigenvalue weighted by Crippen LogP contribution is 2.27. The number of ether oxygens (including phenoxy) is 1. The topological polar surface area (TPSA) is 75.7 Å². The molecule has 0 aromatic heterocycles. The van der Waals surface area contributed by atoms with Crippen molar-refractivity contribution < 1.29 is 17.9 Å². The molecule has 32 heavy (non-hydrogen) atoms. The van der Waals surface area contributed by atoms with E-state index >= 15 is 0 Å². The third kappa shape index (κ3) is 4.64. The summed E-state index contributed by atoms with van der Waals surface area (Å²) in [5, 5.41) is 4.97. The second-order valence-electron chi connectivity index (χ2n) is 8.19. The van der Waals surface area contributed by atoms with E-state index in [1.54, 1.807) is 19.2 Å². The number of fused-ring (bicyclic) bond motifs is 1. The maximum Gasteiger partial charge on any atom is 0.243 e. The molecule has 168 valence electrons. The van der Waals surface area contributed by atoms with Crippen molar-refractivity contribution >= 4 is 26.7 Å². The van der Waals surface area contributed by atoms with Gasteiger partial charge in [-0.1, -0.05) is 42.5 Å². The minimum Gasteiger partial charge on any atom is -0.497 e. The van der Waals surface area contributed by atoms with Crippen LogP contribution in [-0.2, 0) is 14.8 Å². The van der Waals surface area contributed by atoms with E-state index in [4.69, 9.17) is 4.74 Å². The van der Waals surface area contributed by atoms with Crippen LogP contribution in [0.5, 0.6) is 5.75 Å². The molecule has 3 aromatic carbocycles. The molecular weight excluding hydrogens is 424 g/mol.